The molecule has 1 aromatic heterocycles. The van der Waals surface area contributed by atoms with Crippen molar-refractivity contribution in [1.82, 2.24) is 9.78 Å². The van der Waals surface area contributed by atoms with Gasteiger partial charge in [0.1, 0.15) is 5.82 Å². The first kappa shape index (κ1) is 21.7. The lowest BCUT2D eigenvalue weighted by atomic mass is 10.1. The molecule has 0 saturated heterocycles. The Bertz CT molecular complexity index is 904. The SMILES string of the molecule is Cc1cc(NC(=O)CSc2ccc(C(F)(F)F)cc2[N+](=O)[O-])n(C(C)(C)C)n1. The van der Waals surface area contributed by atoms with Gasteiger partial charge < -0.3 is 5.32 Å². The van der Waals surface area contributed by atoms with E-state index in [1.54, 1.807) is 17.7 Å². The molecule has 0 aliphatic rings. The highest BCUT2D eigenvalue weighted by molar-refractivity contribution is 8.00. The lowest BCUT2D eigenvalue weighted by molar-refractivity contribution is -0.388. The third kappa shape index (κ3) is 5.24. The van der Waals surface area contributed by atoms with Crippen LogP contribution in [0.5, 0.6) is 0 Å². The number of anilines is 1. The van der Waals surface area contributed by atoms with Crippen molar-refractivity contribution >= 4 is 29.2 Å². The minimum Gasteiger partial charge on any atom is -0.310 e. The highest BCUT2D eigenvalue weighted by atomic mass is 32.2. The zero-order chi connectivity index (χ0) is 21.3. The minimum atomic E-state index is -4.69. The monoisotopic (exact) mass is 416 g/mol. The van der Waals surface area contributed by atoms with Gasteiger partial charge in [-0.15, -0.1) is 11.8 Å². The Morgan fingerprint density at radius 3 is 2.46 bits per heavy atom. The first-order valence-corrected chi connectivity index (χ1v) is 9.13. The van der Waals surface area contributed by atoms with Gasteiger partial charge in [0.15, 0.2) is 0 Å². The maximum atomic E-state index is 12.8. The molecular weight excluding hydrogens is 397 g/mol. The molecule has 1 aromatic carbocycles. The Kier molecular flexibility index (Phi) is 6.07. The number of rotatable bonds is 5. The molecule has 1 heterocycles. The molecule has 7 nitrogen and oxygen atoms in total. The fraction of sp³-hybridized carbons (Fsp3) is 0.412. The van der Waals surface area contributed by atoms with E-state index in [0.717, 1.165) is 23.9 Å². The number of hydrogen-bond acceptors (Lipinski definition) is 5. The van der Waals surface area contributed by atoms with Gasteiger partial charge in [0.2, 0.25) is 5.91 Å². The normalized spacial score (nSPS) is 12.1. The van der Waals surface area contributed by atoms with Gasteiger partial charge in [-0.1, -0.05) is 0 Å². The van der Waals surface area contributed by atoms with Crippen molar-refractivity contribution in [2.45, 2.75) is 44.3 Å². The molecule has 152 valence electrons. The number of thioether (sulfide) groups is 1. The van der Waals surface area contributed by atoms with Gasteiger partial charge in [0.25, 0.3) is 5.69 Å². The molecule has 0 spiro atoms. The summed E-state index contributed by atoms with van der Waals surface area (Å²) < 4.78 is 39.9. The van der Waals surface area contributed by atoms with Crippen LogP contribution < -0.4 is 5.32 Å². The largest absolute Gasteiger partial charge is 0.416 e. The molecular formula is C17H19F3N4O3S. The lowest BCUT2D eigenvalue weighted by Crippen LogP contribution is -2.27. The van der Waals surface area contributed by atoms with Crippen LogP contribution >= 0.6 is 11.8 Å². The maximum absolute atomic E-state index is 12.8. The first-order chi connectivity index (χ1) is 12.8. The van der Waals surface area contributed by atoms with Crippen LogP contribution in [0.25, 0.3) is 0 Å². The number of nitro benzene ring substituents is 1. The van der Waals surface area contributed by atoms with Gasteiger partial charge in [0, 0.05) is 12.1 Å². The summed E-state index contributed by atoms with van der Waals surface area (Å²) in [6.45, 7) is 7.51. The molecule has 0 aliphatic carbocycles. The fourth-order valence-electron chi connectivity index (χ4n) is 2.38. The predicted octanol–water partition coefficient (Wildman–Crippen LogP) is 4.60. The van der Waals surface area contributed by atoms with Crippen LogP contribution in [0.2, 0.25) is 0 Å². The second-order valence-corrected chi connectivity index (χ2v) is 8.04. The van der Waals surface area contributed by atoms with Gasteiger partial charge in [0.05, 0.1) is 32.4 Å². The summed E-state index contributed by atoms with van der Waals surface area (Å²) in [6, 6.07) is 3.92. The zero-order valence-electron chi connectivity index (χ0n) is 15.6. The number of carbonyl (C=O) groups is 1. The first-order valence-electron chi connectivity index (χ1n) is 8.14. The Hall–Kier alpha value is -2.56. The average Bonchev–Trinajstić information content (AvgIpc) is 2.92. The molecule has 2 aromatic rings. The van der Waals surface area contributed by atoms with E-state index < -0.39 is 28.3 Å². The topological polar surface area (TPSA) is 90.1 Å². The smallest absolute Gasteiger partial charge is 0.310 e. The summed E-state index contributed by atoms with van der Waals surface area (Å²) in [7, 11) is 0. The standard InChI is InChI=1S/C17H19F3N4O3S/c1-10-7-14(23(22-10)16(2,3)4)21-15(25)9-28-13-6-5-11(17(18,19)20)8-12(13)24(26)27/h5-8H,9H2,1-4H3,(H,21,25). The summed E-state index contributed by atoms with van der Waals surface area (Å²) in [5.41, 5.74) is -1.48. The Morgan fingerprint density at radius 2 is 1.93 bits per heavy atom. The van der Waals surface area contributed by atoms with Crippen molar-refractivity contribution < 1.29 is 22.9 Å². The molecule has 2 rings (SSSR count). The second kappa shape index (κ2) is 7.82. The number of alkyl halides is 3. The fourth-order valence-corrected chi connectivity index (χ4v) is 3.18. The predicted molar refractivity (Wildman–Crippen MR) is 99.4 cm³/mol. The van der Waals surface area contributed by atoms with Crippen LogP contribution in [0.15, 0.2) is 29.2 Å². The van der Waals surface area contributed by atoms with E-state index in [1.807, 2.05) is 20.8 Å². The number of halogens is 3. The molecule has 1 amide bonds. The van der Waals surface area contributed by atoms with E-state index in [9.17, 15) is 28.1 Å². The number of amides is 1. The quantitative estimate of drug-likeness (QED) is 0.437. The summed E-state index contributed by atoms with van der Waals surface area (Å²) >= 11 is 0.791. The van der Waals surface area contributed by atoms with Crippen molar-refractivity contribution in [3.8, 4) is 0 Å². The van der Waals surface area contributed by atoms with Crippen molar-refractivity contribution in [3.63, 3.8) is 0 Å². The van der Waals surface area contributed by atoms with Crippen LogP contribution in [0.1, 0.15) is 32.0 Å². The Morgan fingerprint density at radius 1 is 1.29 bits per heavy atom. The maximum Gasteiger partial charge on any atom is 0.416 e. The average molecular weight is 416 g/mol. The number of nitrogens with one attached hydrogen (secondary N) is 1. The van der Waals surface area contributed by atoms with E-state index in [1.165, 1.54) is 0 Å². The number of benzene rings is 1. The van der Waals surface area contributed by atoms with Crippen LogP contribution in [0.3, 0.4) is 0 Å². The highest BCUT2D eigenvalue weighted by Gasteiger charge is 2.33. The van der Waals surface area contributed by atoms with Gasteiger partial charge >= 0.3 is 6.18 Å². The van der Waals surface area contributed by atoms with Crippen molar-refractivity contribution in [2.75, 3.05) is 11.1 Å². The van der Waals surface area contributed by atoms with Gasteiger partial charge in [-0.25, -0.2) is 4.68 Å². The van der Waals surface area contributed by atoms with E-state index in [-0.39, 0.29) is 16.2 Å². The third-order valence-electron chi connectivity index (χ3n) is 3.58. The highest BCUT2D eigenvalue weighted by Crippen LogP contribution is 2.36. The van der Waals surface area contributed by atoms with Gasteiger partial charge in [-0.3, -0.25) is 14.9 Å². The number of nitro groups is 1. The van der Waals surface area contributed by atoms with Crippen LogP contribution in [-0.4, -0.2) is 26.4 Å². The Labute approximate surface area is 163 Å². The summed E-state index contributed by atoms with van der Waals surface area (Å²) in [6.07, 6.45) is -4.69. The van der Waals surface area contributed by atoms with Crippen LogP contribution in [0.4, 0.5) is 24.7 Å². The second-order valence-electron chi connectivity index (χ2n) is 7.03. The number of nitrogens with zero attached hydrogens (tertiary/aromatic N) is 3. The van der Waals surface area contributed by atoms with E-state index in [2.05, 4.69) is 10.4 Å². The van der Waals surface area contributed by atoms with E-state index >= 15 is 0 Å². The van der Waals surface area contributed by atoms with Crippen molar-refractivity contribution in [3.05, 3.63) is 45.6 Å². The van der Waals surface area contributed by atoms with Crippen LogP contribution in [-0.2, 0) is 16.5 Å². The van der Waals surface area contributed by atoms with E-state index in [4.69, 9.17) is 0 Å². The number of aromatic nitrogens is 2. The molecule has 0 atom stereocenters. The summed E-state index contributed by atoms with van der Waals surface area (Å²) in [5.74, 6) is -0.192. The van der Waals surface area contributed by atoms with Gasteiger partial charge in [-0.05, 0) is 39.8 Å². The number of hydrogen-bond donors (Lipinski definition) is 1. The molecule has 0 unspecified atom stereocenters. The Balaban J connectivity index is 2.15. The molecule has 1 N–H and O–H groups in total. The summed E-state index contributed by atoms with van der Waals surface area (Å²) in [5, 5.41) is 18.1. The number of aryl methyl sites for hydroxylation is 1. The molecule has 0 radical (unpaired) electrons. The van der Waals surface area contributed by atoms with Crippen LogP contribution in [0, 0.1) is 17.0 Å². The van der Waals surface area contributed by atoms with Gasteiger partial charge in [-0.2, -0.15) is 18.3 Å². The molecule has 0 aliphatic heterocycles. The lowest BCUT2D eigenvalue weighted by Gasteiger charge is -2.22. The van der Waals surface area contributed by atoms with Crippen molar-refractivity contribution in [1.29, 1.82) is 0 Å². The minimum absolute atomic E-state index is 0.0198. The molecule has 0 saturated carbocycles. The zero-order valence-corrected chi connectivity index (χ0v) is 16.4. The third-order valence-corrected chi connectivity index (χ3v) is 4.64. The molecule has 0 bridgehead atoms. The van der Waals surface area contributed by atoms with E-state index in [0.29, 0.717) is 17.6 Å². The van der Waals surface area contributed by atoms with Crippen molar-refractivity contribution in [2.24, 2.45) is 0 Å². The number of carbonyl (C=O) groups excluding carboxylic acids is 1. The molecule has 28 heavy (non-hydrogen) atoms. The molecule has 0 fully saturated rings. The summed E-state index contributed by atoms with van der Waals surface area (Å²) in [4.78, 5) is 22.5. The molecule has 11 heteroatoms.